The fourth-order valence-electron chi connectivity index (χ4n) is 5.30. The maximum absolute atomic E-state index is 13.6. The van der Waals surface area contributed by atoms with Gasteiger partial charge in [0.05, 0.1) is 18.4 Å². The Kier molecular flexibility index (Phi) is 4.53. The standard InChI is InChI=1S/C24H26N4O4/c1-24(2)19-18(20(27(24)3)14-5-7-15(8-6-14)21(25)26)22(29)28(23(19)30)11-13-4-9-16-17(10-13)32-12-31-16/h4-10,18-20H,11-12H2,1-3H3,(H3,25,26)/t18?,19?,20-/m0/s1. The molecule has 2 unspecified atom stereocenters. The Bertz CT molecular complexity index is 1130. The van der Waals surface area contributed by atoms with Gasteiger partial charge >= 0.3 is 0 Å². The summed E-state index contributed by atoms with van der Waals surface area (Å²) in [6, 6.07) is 12.6. The molecule has 0 spiro atoms. The van der Waals surface area contributed by atoms with E-state index < -0.39 is 17.4 Å². The first-order valence-corrected chi connectivity index (χ1v) is 10.6. The van der Waals surface area contributed by atoms with Gasteiger partial charge in [-0.2, -0.15) is 0 Å². The quantitative estimate of drug-likeness (QED) is 0.434. The fraction of sp³-hybridized carbons (Fsp3) is 0.375. The second-order valence-electron chi connectivity index (χ2n) is 9.20. The number of ether oxygens (including phenoxy) is 2. The topological polar surface area (TPSA) is 109 Å². The van der Waals surface area contributed by atoms with Gasteiger partial charge in [0.2, 0.25) is 18.6 Å². The average molecular weight is 434 g/mol. The Morgan fingerprint density at radius 1 is 1.09 bits per heavy atom. The van der Waals surface area contributed by atoms with Crippen molar-refractivity contribution in [3.63, 3.8) is 0 Å². The number of hydrogen-bond donors (Lipinski definition) is 2. The van der Waals surface area contributed by atoms with Gasteiger partial charge in [-0.3, -0.25) is 24.8 Å². The number of hydrogen-bond acceptors (Lipinski definition) is 6. The van der Waals surface area contributed by atoms with E-state index in [0.29, 0.717) is 17.1 Å². The Labute approximate surface area is 186 Å². The molecule has 3 heterocycles. The Balaban J connectivity index is 1.47. The van der Waals surface area contributed by atoms with Gasteiger partial charge in [0.25, 0.3) is 0 Å². The van der Waals surface area contributed by atoms with Crippen molar-refractivity contribution < 1.29 is 19.1 Å². The summed E-state index contributed by atoms with van der Waals surface area (Å²) in [5, 5.41) is 7.62. The first-order chi connectivity index (χ1) is 15.2. The molecule has 0 saturated carbocycles. The van der Waals surface area contributed by atoms with Crippen molar-refractivity contribution >= 4 is 17.6 Å². The monoisotopic (exact) mass is 434 g/mol. The second-order valence-corrected chi connectivity index (χ2v) is 9.20. The molecule has 32 heavy (non-hydrogen) atoms. The molecule has 8 nitrogen and oxygen atoms in total. The van der Waals surface area contributed by atoms with Crippen molar-refractivity contribution in [1.29, 1.82) is 5.41 Å². The van der Waals surface area contributed by atoms with Gasteiger partial charge in [-0.25, -0.2) is 0 Å². The summed E-state index contributed by atoms with van der Waals surface area (Å²) < 4.78 is 10.8. The molecule has 3 aliphatic rings. The molecule has 2 saturated heterocycles. The van der Waals surface area contributed by atoms with Crippen LogP contribution >= 0.6 is 0 Å². The van der Waals surface area contributed by atoms with Crippen LogP contribution in [0.5, 0.6) is 11.5 Å². The van der Waals surface area contributed by atoms with Crippen LogP contribution in [0.25, 0.3) is 0 Å². The maximum Gasteiger partial charge on any atom is 0.235 e. The van der Waals surface area contributed by atoms with Crippen molar-refractivity contribution in [3.8, 4) is 11.5 Å². The van der Waals surface area contributed by atoms with Gasteiger partial charge in [0.1, 0.15) is 5.84 Å². The molecule has 3 atom stereocenters. The zero-order valence-corrected chi connectivity index (χ0v) is 18.3. The minimum absolute atomic E-state index is 0.00319. The van der Waals surface area contributed by atoms with E-state index in [1.807, 2.05) is 45.2 Å². The van der Waals surface area contributed by atoms with Crippen LogP contribution in [0.15, 0.2) is 42.5 Å². The zero-order valence-electron chi connectivity index (χ0n) is 18.3. The van der Waals surface area contributed by atoms with Gasteiger partial charge in [-0.1, -0.05) is 30.3 Å². The van der Waals surface area contributed by atoms with E-state index >= 15 is 0 Å². The molecule has 0 radical (unpaired) electrons. The normalized spacial score (nSPS) is 26.0. The lowest BCUT2D eigenvalue weighted by atomic mass is 9.81. The molecular weight excluding hydrogens is 408 g/mol. The number of nitrogens with two attached hydrogens (primary N) is 1. The number of benzene rings is 2. The highest BCUT2D eigenvalue weighted by molar-refractivity contribution is 6.06. The summed E-state index contributed by atoms with van der Waals surface area (Å²) in [5.74, 6) is 0.0858. The first kappa shape index (κ1) is 20.5. The van der Waals surface area contributed by atoms with Gasteiger partial charge in [0.15, 0.2) is 11.5 Å². The number of imide groups is 1. The molecule has 2 fully saturated rings. The number of amides is 2. The van der Waals surface area contributed by atoms with Gasteiger partial charge in [-0.05, 0) is 44.2 Å². The van der Waals surface area contributed by atoms with Crippen LogP contribution in [-0.2, 0) is 16.1 Å². The number of nitrogen functional groups attached to an aromatic ring is 1. The van der Waals surface area contributed by atoms with Crippen molar-refractivity contribution in [2.24, 2.45) is 17.6 Å². The highest BCUT2D eigenvalue weighted by Crippen LogP contribution is 2.54. The highest BCUT2D eigenvalue weighted by atomic mass is 16.7. The van der Waals surface area contributed by atoms with Crippen molar-refractivity contribution in [1.82, 2.24) is 9.80 Å². The molecule has 0 bridgehead atoms. The van der Waals surface area contributed by atoms with Crippen LogP contribution in [0, 0.1) is 17.2 Å². The number of carbonyl (C=O) groups is 2. The molecule has 166 valence electrons. The number of nitrogens with zero attached hydrogens (tertiary/aromatic N) is 2. The van der Waals surface area contributed by atoms with Crippen LogP contribution in [0.2, 0.25) is 0 Å². The van der Waals surface area contributed by atoms with Crippen molar-refractivity contribution in [3.05, 3.63) is 59.2 Å². The largest absolute Gasteiger partial charge is 0.454 e. The second kappa shape index (κ2) is 7.06. The molecule has 2 aromatic carbocycles. The number of fused-ring (bicyclic) bond motifs is 2. The third-order valence-corrected chi connectivity index (χ3v) is 7.21. The molecular formula is C24H26N4O4. The maximum atomic E-state index is 13.6. The van der Waals surface area contributed by atoms with E-state index in [4.69, 9.17) is 20.6 Å². The van der Waals surface area contributed by atoms with E-state index in [0.717, 1.165) is 11.1 Å². The molecule has 0 aromatic heterocycles. The van der Waals surface area contributed by atoms with Gasteiger partial charge in [-0.15, -0.1) is 0 Å². The third kappa shape index (κ3) is 2.90. The van der Waals surface area contributed by atoms with Crippen LogP contribution < -0.4 is 15.2 Å². The van der Waals surface area contributed by atoms with E-state index in [1.165, 1.54) is 4.90 Å². The van der Waals surface area contributed by atoms with Crippen molar-refractivity contribution in [2.45, 2.75) is 32.0 Å². The molecule has 2 aromatic rings. The number of carbonyl (C=O) groups excluding carboxylic acids is 2. The Morgan fingerprint density at radius 3 is 2.47 bits per heavy atom. The lowest BCUT2D eigenvalue weighted by Crippen LogP contribution is -2.46. The number of nitrogens with one attached hydrogen (secondary N) is 1. The first-order valence-electron chi connectivity index (χ1n) is 10.6. The SMILES string of the molecule is CN1[C@@H](c2ccc(C(=N)N)cc2)C2C(=O)N(Cc3ccc4c(c3)OCO4)C(=O)C2C1(C)C. The molecule has 8 heteroatoms. The van der Waals surface area contributed by atoms with E-state index in [1.54, 1.807) is 18.2 Å². The summed E-state index contributed by atoms with van der Waals surface area (Å²) in [6.07, 6.45) is 0. The summed E-state index contributed by atoms with van der Waals surface area (Å²) in [7, 11) is 1.96. The predicted octanol–water partition coefficient (Wildman–Crippen LogP) is 2.27. The lowest BCUT2D eigenvalue weighted by molar-refractivity contribution is -0.143. The molecule has 3 aliphatic heterocycles. The highest BCUT2D eigenvalue weighted by Gasteiger charge is 2.64. The number of rotatable bonds is 4. The molecule has 3 N–H and O–H groups in total. The Morgan fingerprint density at radius 2 is 1.78 bits per heavy atom. The smallest absolute Gasteiger partial charge is 0.235 e. The molecule has 2 amide bonds. The zero-order chi connectivity index (χ0) is 22.8. The predicted molar refractivity (Wildman–Crippen MR) is 117 cm³/mol. The van der Waals surface area contributed by atoms with Crippen LogP contribution in [0.4, 0.5) is 0 Å². The minimum Gasteiger partial charge on any atom is -0.454 e. The lowest BCUT2D eigenvalue weighted by Gasteiger charge is -2.36. The molecule has 0 aliphatic carbocycles. The van der Waals surface area contributed by atoms with E-state index in [9.17, 15) is 9.59 Å². The van der Waals surface area contributed by atoms with E-state index in [2.05, 4.69) is 4.90 Å². The third-order valence-electron chi connectivity index (χ3n) is 7.21. The summed E-state index contributed by atoms with van der Waals surface area (Å²) in [6.45, 7) is 4.42. The summed E-state index contributed by atoms with van der Waals surface area (Å²) >= 11 is 0. The van der Waals surface area contributed by atoms with Gasteiger partial charge < -0.3 is 15.2 Å². The van der Waals surface area contributed by atoms with Crippen LogP contribution in [-0.4, -0.2) is 46.8 Å². The van der Waals surface area contributed by atoms with Crippen molar-refractivity contribution in [2.75, 3.05) is 13.8 Å². The Hall–Kier alpha value is -3.39. The van der Waals surface area contributed by atoms with E-state index in [-0.39, 0.29) is 37.0 Å². The minimum atomic E-state index is -0.495. The summed E-state index contributed by atoms with van der Waals surface area (Å²) in [5.41, 5.74) is 7.48. The van der Waals surface area contributed by atoms with Gasteiger partial charge in [0, 0.05) is 17.1 Å². The average Bonchev–Trinajstić information content (AvgIpc) is 3.38. The number of amidine groups is 1. The fourth-order valence-corrected chi connectivity index (χ4v) is 5.30. The number of likely N-dealkylation sites (tertiary alicyclic amines) is 2. The van der Waals surface area contributed by atoms with Crippen LogP contribution in [0.1, 0.15) is 36.6 Å². The summed E-state index contributed by atoms with van der Waals surface area (Å²) in [4.78, 5) is 30.6. The van der Waals surface area contributed by atoms with Crippen LogP contribution in [0.3, 0.4) is 0 Å². The molecule has 5 rings (SSSR count).